The predicted octanol–water partition coefficient (Wildman–Crippen LogP) is 3.89. The molecule has 1 aromatic carbocycles. The average Bonchev–Trinajstić information content (AvgIpc) is 3.41. The van der Waals surface area contributed by atoms with Gasteiger partial charge in [0.25, 0.3) is 5.91 Å². The van der Waals surface area contributed by atoms with Gasteiger partial charge in [0, 0.05) is 32.4 Å². The zero-order valence-corrected chi connectivity index (χ0v) is 21.4. The number of benzene rings is 1. The number of para-hydroxylation sites is 1. The summed E-state index contributed by atoms with van der Waals surface area (Å²) in [6.07, 6.45) is 4.44. The van der Waals surface area contributed by atoms with Crippen molar-refractivity contribution in [1.82, 2.24) is 24.4 Å². The van der Waals surface area contributed by atoms with Crippen molar-refractivity contribution in [1.29, 1.82) is 0 Å². The van der Waals surface area contributed by atoms with Crippen molar-refractivity contribution in [2.45, 2.75) is 38.3 Å². The number of carbonyl (C=O) groups is 1. The SMILES string of the molecule is CCc1cc(Nc2ccc3c(n2)CN(C)C32CCOCC2)c(C(N)=O)nc1-c1cccc2c1ncn2C. The minimum Gasteiger partial charge on any atom is -0.381 e. The molecule has 2 aliphatic heterocycles. The van der Waals surface area contributed by atoms with Crippen LogP contribution < -0.4 is 11.1 Å². The number of amides is 1. The molecule has 37 heavy (non-hydrogen) atoms. The van der Waals surface area contributed by atoms with E-state index >= 15 is 0 Å². The normalized spacial score (nSPS) is 16.8. The number of pyridine rings is 2. The van der Waals surface area contributed by atoms with Crippen molar-refractivity contribution in [2.75, 3.05) is 25.6 Å². The fourth-order valence-electron chi connectivity index (χ4n) is 5.88. The predicted molar refractivity (Wildman–Crippen MR) is 143 cm³/mol. The molecule has 1 amide bonds. The molecular formula is C28H31N7O2. The van der Waals surface area contributed by atoms with Gasteiger partial charge in [-0.05, 0) is 55.6 Å². The van der Waals surface area contributed by atoms with Crippen LogP contribution in [0.15, 0.2) is 42.7 Å². The second-order valence-electron chi connectivity index (χ2n) is 9.95. The largest absolute Gasteiger partial charge is 0.381 e. The zero-order chi connectivity index (χ0) is 25.7. The van der Waals surface area contributed by atoms with Crippen molar-refractivity contribution in [3.05, 3.63) is 65.2 Å². The summed E-state index contributed by atoms with van der Waals surface area (Å²) in [5.74, 6) is 0.0730. The number of ether oxygens (including phenoxy) is 1. The zero-order valence-electron chi connectivity index (χ0n) is 21.4. The third kappa shape index (κ3) is 3.77. The third-order valence-corrected chi connectivity index (χ3v) is 7.90. The van der Waals surface area contributed by atoms with E-state index in [2.05, 4.69) is 35.2 Å². The molecule has 9 heteroatoms. The van der Waals surface area contributed by atoms with E-state index in [0.29, 0.717) is 11.5 Å². The lowest BCUT2D eigenvalue weighted by atomic mass is 9.84. The second-order valence-corrected chi connectivity index (χ2v) is 9.95. The number of rotatable bonds is 5. The summed E-state index contributed by atoms with van der Waals surface area (Å²) in [5.41, 5.74) is 13.3. The fourth-order valence-corrected chi connectivity index (χ4v) is 5.88. The van der Waals surface area contributed by atoms with Crippen LogP contribution in [0, 0.1) is 0 Å². The molecule has 3 N–H and O–H groups in total. The molecule has 6 rings (SSSR count). The molecule has 0 unspecified atom stereocenters. The molecule has 0 aliphatic carbocycles. The van der Waals surface area contributed by atoms with E-state index in [1.165, 1.54) is 5.56 Å². The molecule has 1 fully saturated rings. The Balaban J connectivity index is 1.40. The number of fused-ring (bicyclic) bond motifs is 3. The van der Waals surface area contributed by atoms with Crippen LogP contribution in [0.1, 0.15) is 47.1 Å². The van der Waals surface area contributed by atoms with Gasteiger partial charge in [-0.3, -0.25) is 9.69 Å². The minimum atomic E-state index is -0.596. The van der Waals surface area contributed by atoms with Crippen LogP contribution >= 0.6 is 0 Å². The van der Waals surface area contributed by atoms with Gasteiger partial charge in [0.05, 0.1) is 40.0 Å². The summed E-state index contributed by atoms with van der Waals surface area (Å²) in [4.78, 5) is 29.2. The summed E-state index contributed by atoms with van der Waals surface area (Å²) >= 11 is 0. The number of aromatic nitrogens is 4. The summed E-state index contributed by atoms with van der Waals surface area (Å²) in [7, 11) is 4.12. The van der Waals surface area contributed by atoms with Gasteiger partial charge >= 0.3 is 0 Å². The maximum atomic E-state index is 12.6. The molecule has 0 radical (unpaired) electrons. The van der Waals surface area contributed by atoms with E-state index in [1.54, 1.807) is 6.33 Å². The number of hydrogen-bond donors (Lipinski definition) is 2. The Morgan fingerprint density at radius 1 is 1.16 bits per heavy atom. The van der Waals surface area contributed by atoms with Crippen LogP contribution in [0.4, 0.5) is 11.5 Å². The smallest absolute Gasteiger partial charge is 0.269 e. The molecule has 9 nitrogen and oxygen atoms in total. The van der Waals surface area contributed by atoms with E-state index in [-0.39, 0.29) is 11.2 Å². The first kappa shape index (κ1) is 23.6. The highest BCUT2D eigenvalue weighted by atomic mass is 16.5. The van der Waals surface area contributed by atoms with E-state index < -0.39 is 5.91 Å². The molecule has 3 aromatic heterocycles. The number of hydrogen-bond acceptors (Lipinski definition) is 7. The molecule has 0 atom stereocenters. The van der Waals surface area contributed by atoms with Gasteiger partial charge in [-0.15, -0.1) is 0 Å². The number of nitrogens with zero attached hydrogens (tertiary/aromatic N) is 5. The molecule has 5 heterocycles. The summed E-state index contributed by atoms with van der Waals surface area (Å²) < 4.78 is 7.60. The van der Waals surface area contributed by atoms with Crippen molar-refractivity contribution < 1.29 is 9.53 Å². The van der Waals surface area contributed by atoms with Gasteiger partial charge in [0.1, 0.15) is 5.82 Å². The van der Waals surface area contributed by atoms with Crippen molar-refractivity contribution >= 4 is 28.4 Å². The number of carbonyl (C=O) groups excluding carboxylic acids is 1. The number of nitrogens with two attached hydrogens (primary N) is 1. The number of nitrogens with one attached hydrogen (secondary N) is 1. The Morgan fingerprint density at radius 2 is 1.97 bits per heavy atom. The molecule has 0 saturated carbocycles. The Hall–Kier alpha value is -3.82. The van der Waals surface area contributed by atoms with E-state index in [4.69, 9.17) is 20.4 Å². The van der Waals surface area contributed by atoms with Crippen LogP contribution in [0.2, 0.25) is 0 Å². The van der Waals surface area contributed by atoms with Crippen LogP contribution in [0.5, 0.6) is 0 Å². The Kier molecular flexibility index (Phi) is 5.69. The topological polar surface area (TPSA) is 111 Å². The Bertz CT molecular complexity index is 1520. The fraction of sp³-hybridized carbons (Fsp3) is 0.357. The van der Waals surface area contributed by atoms with Gasteiger partial charge in [0.15, 0.2) is 5.69 Å². The maximum absolute atomic E-state index is 12.6. The monoisotopic (exact) mass is 497 g/mol. The molecular weight excluding hydrogens is 466 g/mol. The minimum absolute atomic E-state index is 0.0113. The Morgan fingerprint density at radius 3 is 2.73 bits per heavy atom. The first-order valence-electron chi connectivity index (χ1n) is 12.7. The van der Waals surface area contributed by atoms with Gasteiger partial charge in [-0.2, -0.15) is 0 Å². The van der Waals surface area contributed by atoms with Crippen molar-refractivity contribution in [3.8, 4) is 11.3 Å². The van der Waals surface area contributed by atoms with Crippen LogP contribution in [-0.2, 0) is 30.3 Å². The van der Waals surface area contributed by atoms with E-state index in [0.717, 1.165) is 72.6 Å². The number of aryl methyl sites for hydroxylation is 2. The quantitative estimate of drug-likeness (QED) is 0.430. The van der Waals surface area contributed by atoms with Crippen LogP contribution in [-0.4, -0.2) is 50.6 Å². The van der Waals surface area contributed by atoms with Gasteiger partial charge in [-0.25, -0.2) is 15.0 Å². The molecule has 0 bridgehead atoms. The summed E-state index contributed by atoms with van der Waals surface area (Å²) in [6.45, 7) is 4.37. The Labute approximate surface area is 215 Å². The average molecular weight is 498 g/mol. The number of primary amides is 1. The lowest BCUT2D eigenvalue weighted by Crippen LogP contribution is -2.43. The van der Waals surface area contributed by atoms with Crippen LogP contribution in [0.25, 0.3) is 22.3 Å². The van der Waals surface area contributed by atoms with Gasteiger partial charge < -0.3 is 20.4 Å². The first-order valence-corrected chi connectivity index (χ1v) is 12.7. The summed E-state index contributed by atoms with van der Waals surface area (Å²) in [5, 5.41) is 3.35. The van der Waals surface area contributed by atoms with Crippen LogP contribution in [0.3, 0.4) is 0 Å². The summed E-state index contributed by atoms with van der Waals surface area (Å²) in [6, 6.07) is 12.1. The molecule has 2 aliphatic rings. The first-order chi connectivity index (χ1) is 17.9. The lowest BCUT2D eigenvalue weighted by molar-refractivity contribution is -0.0132. The molecule has 4 aromatic rings. The highest BCUT2D eigenvalue weighted by Crippen LogP contribution is 2.45. The third-order valence-electron chi connectivity index (χ3n) is 7.90. The van der Waals surface area contributed by atoms with E-state index in [1.807, 2.05) is 41.9 Å². The number of imidazole rings is 1. The molecule has 1 spiro atoms. The van der Waals surface area contributed by atoms with Crippen molar-refractivity contribution in [3.63, 3.8) is 0 Å². The highest BCUT2D eigenvalue weighted by Gasteiger charge is 2.45. The number of anilines is 2. The van der Waals surface area contributed by atoms with Crippen molar-refractivity contribution in [2.24, 2.45) is 12.8 Å². The standard InChI is InChI=1S/C28H31N7O2/c1-4-17-14-20(26(27(29)36)33-24(17)18-6-5-7-22-25(18)30-16-34(22)2)31-23-9-8-19-21(32-23)15-35(3)28(19)10-12-37-13-11-28/h5-9,14,16H,4,10-13,15H2,1-3H3,(H2,29,36)(H,31,32). The maximum Gasteiger partial charge on any atom is 0.269 e. The van der Waals surface area contributed by atoms with E-state index in [9.17, 15) is 4.79 Å². The molecule has 1 saturated heterocycles. The highest BCUT2D eigenvalue weighted by molar-refractivity contribution is 5.99. The lowest BCUT2D eigenvalue weighted by Gasteiger charge is -2.40. The van der Waals surface area contributed by atoms with Gasteiger partial charge in [0.2, 0.25) is 0 Å². The second kappa shape index (κ2) is 8.93. The van der Waals surface area contributed by atoms with Gasteiger partial charge in [-0.1, -0.05) is 25.1 Å². The molecule has 190 valence electrons.